The summed E-state index contributed by atoms with van der Waals surface area (Å²) in [4.78, 5) is 0. The second-order valence-corrected chi connectivity index (χ2v) is 15.0. The summed E-state index contributed by atoms with van der Waals surface area (Å²) in [5, 5.41) is 0. The van der Waals surface area contributed by atoms with Gasteiger partial charge in [0.25, 0.3) is 0 Å². The first-order valence-electron chi connectivity index (χ1n) is 11.1. The molecule has 6 atom stereocenters. The van der Waals surface area contributed by atoms with E-state index in [-0.39, 0.29) is 15.8 Å². The van der Waals surface area contributed by atoms with Gasteiger partial charge in [0.2, 0.25) is 0 Å². The third-order valence-electron chi connectivity index (χ3n) is 7.82. The second kappa shape index (κ2) is 10.3. The zero-order valence-corrected chi connectivity index (χ0v) is 19.2. The SMILES string of the molecule is CCP(CC)[C@@H](C)C1CCCC1C1CCCC1[C@H](C)P(CC)CC. The minimum atomic E-state index is 0.286. The quantitative estimate of drug-likeness (QED) is 0.366. The smallest absolute Gasteiger partial charge is 0.0207 e. The molecule has 0 bridgehead atoms. The van der Waals surface area contributed by atoms with Crippen molar-refractivity contribution in [1.29, 1.82) is 0 Å². The van der Waals surface area contributed by atoms with Crippen LogP contribution in [0.4, 0.5) is 0 Å². The largest absolute Gasteiger partial charge is 0.104 e. The minimum Gasteiger partial charge on any atom is -0.104 e. The van der Waals surface area contributed by atoms with Crippen molar-refractivity contribution in [3.05, 3.63) is 0 Å². The summed E-state index contributed by atoms with van der Waals surface area (Å²) in [7, 11) is 0.573. The normalized spacial score (nSPS) is 33.5. The highest BCUT2D eigenvalue weighted by atomic mass is 31.1. The first kappa shape index (κ1) is 21.2. The van der Waals surface area contributed by atoms with Crippen LogP contribution in [0.2, 0.25) is 0 Å². The molecule has 2 aliphatic rings. The van der Waals surface area contributed by atoms with Crippen molar-refractivity contribution in [2.75, 3.05) is 24.6 Å². The van der Waals surface area contributed by atoms with Gasteiger partial charge in [0.1, 0.15) is 0 Å². The summed E-state index contributed by atoms with van der Waals surface area (Å²) < 4.78 is 0. The third kappa shape index (κ3) is 4.58. The van der Waals surface area contributed by atoms with Crippen LogP contribution in [0.15, 0.2) is 0 Å². The maximum atomic E-state index is 2.64. The standard InChI is InChI=1S/C22H44P2/c1-7-23(8-2)17(5)19-13-11-15-21(19)22-16-12-14-20(22)18(6)24(9-3)10-4/h17-22H,7-16H2,1-6H3/t17-,18-,19?,20?,21?,22?/m0/s1. The zero-order valence-electron chi connectivity index (χ0n) is 17.4. The van der Waals surface area contributed by atoms with Gasteiger partial charge in [-0.25, -0.2) is 0 Å². The lowest BCUT2D eigenvalue weighted by Gasteiger charge is -2.39. The number of hydrogen-bond donors (Lipinski definition) is 0. The Morgan fingerprint density at radius 2 is 0.958 bits per heavy atom. The van der Waals surface area contributed by atoms with Crippen molar-refractivity contribution < 1.29 is 0 Å². The van der Waals surface area contributed by atoms with E-state index >= 15 is 0 Å². The van der Waals surface area contributed by atoms with Crippen molar-refractivity contribution >= 4 is 15.8 Å². The molecule has 0 nitrogen and oxygen atoms in total. The predicted molar refractivity (Wildman–Crippen MR) is 117 cm³/mol. The average molecular weight is 371 g/mol. The summed E-state index contributed by atoms with van der Waals surface area (Å²) in [6, 6.07) is 0. The molecule has 0 aromatic rings. The van der Waals surface area contributed by atoms with Crippen molar-refractivity contribution in [3.63, 3.8) is 0 Å². The molecular formula is C22H44P2. The fraction of sp³-hybridized carbons (Fsp3) is 1.00. The topological polar surface area (TPSA) is 0 Å². The monoisotopic (exact) mass is 370 g/mol. The lowest BCUT2D eigenvalue weighted by molar-refractivity contribution is 0.206. The van der Waals surface area contributed by atoms with Gasteiger partial charge in [0.15, 0.2) is 0 Å². The molecular weight excluding hydrogens is 326 g/mol. The summed E-state index contributed by atoms with van der Waals surface area (Å²) in [6.45, 7) is 15.1. The van der Waals surface area contributed by atoms with Crippen LogP contribution in [0.25, 0.3) is 0 Å². The average Bonchev–Trinajstić information content (AvgIpc) is 3.25. The molecule has 2 heteroatoms. The molecule has 0 heterocycles. The summed E-state index contributed by atoms with van der Waals surface area (Å²) in [5.41, 5.74) is 2.05. The highest BCUT2D eigenvalue weighted by Gasteiger charge is 2.44. The highest BCUT2D eigenvalue weighted by molar-refractivity contribution is 7.58. The second-order valence-electron chi connectivity index (χ2n) is 8.44. The maximum absolute atomic E-state index is 2.64. The Kier molecular flexibility index (Phi) is 9.05. The van der Waals surface area contributed by atoms with Crippen molar-refractivity contribution in [1.82, 2.24) is 0 Å². The molecule has 0 amide bonds. The van der Waals surface area contributed by atoms with E-state index < -0.39 is 0 Å². The van der Waals surface area contributed by atoms with Crippen LogP contribution in [0.1, 0.15) is 80.1 Å². The van der Waals surface area contributed by atoms with Crippen LogP contribution < -0.4 is 0 Å². The van der Waals surface area contributed by atoms with Gasteiger partial charge < -0.3 is 0 Å². The molecule has 0 aromatic heterocycles. The van der Waals surface area contributed by atoms with Crippen LogP contribution in [0, 0.1) is 23.7 Å². The Morgan fingerprint density at radius 3 is 1.25 bits per heavy atom. The van der Waals surface area contributed by atoms with Gasteiger partial charge >= 0.3 is 0 Å². The molecule has 2 rings (SSSR count). The molecule has 0 spiro atoms. The Balaban J connectivity index is 2.10. The number of rotatable bonds is 9. The minimum absolute atomic E-state index is 0.286. The van der Waals surface area contributed by atoms with E-state index in [4.69, 9.17) is 0 Å². The molecule has 2 aliphatic carbocycles. The molecule has 0 saturated heterocycles. The van der Waals surface area contributed by atoms with E-state index in [0.29, 0.717) is 0 Å². The highest BCUT2D eigenvalue weighted by Crippen LogP contribution is 2.58. The first-order chi connectivity index (χ1) is 11.6. The Hall–Kier alpha value is 0.860. The molecule has 0 radical (unpaired) electrons. The Labute approximate surface area is 155 Å². The molecule has 4 unspecified atom stereocenters. The predicted octanol–water partition coefficient (Wildman–Crippen LogP) is 7.64. The molecule has 0 N–H and O–H groups in total. The third-order valence-corrected chi connectivity index (χ3v) is 14.1. The number of hydrogen-bond acceptors (Lipinski definition) is 0. The Bertz CT molecular complexity index is 314. The lowest BCUT2D eigenvalue weighted by Crippen LogP contribution is -2.32. The van der Waals surface area contributed by atoms with E-state index in [1.807, 2.05) is 0 Å². The van der Waals surface area contributed by atoms with Crippen molar-refractivity contribution in [3.8, 4) is 0 Å². The van der Waals surface area contributed by atoms with Crippen LogP contribution in [-0.2, 0) is 0 Å². The van der Waals surface area contributed by atoms with E-state index in [9.17, 15) is 0 Å². The van der Waals surface area contributed by atoms with E-state index in [0.717, 1.165) is 35.0 Å². The van der Waals surface area contributed by atoms with Crippen molar-refractivity contribution in [2.24, 2.45) is 23.7 Å². The fourth-order valence-electron chi connectivity index (χ4n) is 6.44. The van der Waals surface area contributed by atoms with E-state index in [1.165, 1.54) is 37.5 Å². The zero-order chi connectivity index (χ0) is 17.7. The van der Waals surface area contributed by atoms with E-state index in [1.54, 1.807) is 25.7 Å². The van der Waals surface area contributed by atoms with Gasteiger partial charge in [0, 0.05) is 0 Å². The summed E-state index contributed by atoms with van der Waals surface area (Å²) in [6.07, 6.45) is 15.1. The van der Waals surface area contributed by atoms with Gasteiger partial charge in [-0.3, -0.25) is 0 Å². The summed E-state index contributed by atoms with van der Waals surface area (Å²) >= 11 is 0. The van der Waals surface area contributed by atoms with Crippen LogP contribution >= 0.6 is 15.8 Å². The fourth-order valence-corrected chi connectivity index (χ4v) is 11.5. The van der Waals surface area contributed by atoms with Gasteiger partial charge in [-0.2, -0.15) is 0 Å². The van der Waals surface area contributed by atoms with Crippen LogP contribution in [0.5, 0.6) is 0 Å². The van der Waals surface area contributed by atoms with E-state index in [2.05, 4.69) is 41.5 Å². The van der Waals surface area contributed by atoms with Gasteiger partial charge in [-0.15, -0.1) is 15.8 Å². The molecule has 2 fully saturated rings. The van der Waals surface area contributed by atoms with Crippen molar-refractivity contribution in [2.45, 2.75) is 91.4 Å². The molecule has 24 heavy (non-hydrogen) atoms. The Morgan fingerprint density at radius 1 is 0.625 bits per heavy atom. The molecule has 142 valence electrons. The summed E-state index contributed by atoms with van der Waals surface area (Å²) in [5.74, 6) is 4.32. The molecule has 2 saturated carbocycles. The van der Waals surface area contributed by atoms with Gasteiger partial charge in [0.05, 0.1) is 0 Å². The van der Waals surface area contributed by atoms with Gasteiger partial charge in [-0.1, -0.05) is 54.4 Å². The molecule has 0 aliphatic heterocycles. The first-order valence-corrected chi connectivity index (χ1v) is 14.6. The van der Waals surface area contributed by atoms with Crippen LogP contribution in [-0.4, -0.2) is 36.0 Å². The maximum Gasteiger partial charge on any atom is -0.0207 e. The van der Waals surface area contributed by atoms with Gasteiger partial charge in [-0.05, 0) is 85.3 Å². The lowest BCUT2D eigenvalue weighted by atomic mass is 9.76. The van der Waals surface area contributed by atoms with Crippen LogP contribution in [0.3, 0.4) is 0 Å². The molecule has 0 aromatic carbocycles.